The van der Waals surface area contributed by atoms with Gasteiger partial charge in [-0.15, -0.1) is 0 Å². The predicted octanol–water partition coefficient (Wildman–Crippen LogP) is 4.10. The van der Waals surface area contributed by atoms with Gasteiger partial charge in [0.25, 0.3) is 0 Å². The van der Waals surface area contributed by atoms with Gasteiger partial charge in [-0.25, -0.2) is 0 Å². The van der Waals surface area contributed by atoms with Crippen LogP contribution in [0.25, 0.3) is 0 Å². The topological polar surface area (TPSA) is 29.1 Å². The van der Waals surface area contributed by atoms with Gasteiger partial charge in [0.05, 0.1) is 14.3 Å². The quantitative estimate of drug-likeness (QED) is 0.574. The average molecular weight is 384 g/mol. The molecule has 0 aliphatic heterocycles. The number of hydrogen-bond acceptors (Lipinski definition) is 1. The van der Waals surface area contributed by atoms with Crippen LogP contribution in [0, 0.1) is 3.57 Å². The van der Waals surface area contributed by atoms with Crippen LogP contribution in [0.15, 0.2) is 12.1 Å². The molecule has 0 aliphatic carbocycles. The number of hydrogen-bond donors (Lipinski definition) is 1. The Morgan fingerprint density at radius 3 is 2.38 bits per heavy atom. The van der Waals surface area contributed by atoms with Crippen molar-refractivity contribution in [3.05, 3.63) is 25.7 Å². The first kappa shape index (κ1) is 13.9. The smallest absolute Gasteiger partial charge is 0.317 e. The Morgan fingerprint density at radius 2 is 1.88 bits per heavy atom. The van der Waals surface area contributed by atoms with Crippen LogP contribution in [0.3, 0.4) is 0 Å². The molecule has 1 N–H and O–H groups in total. The third-order valence-electron chi connectivity index (χ3n) is 1.50. The second-order valence-corrected chi connectivity index (χ2v) is 4.62. The number of alkyl halides is 3. The van der Waals surface area contributed by atoms with Gasteiger partial charge in [0.15, 0.2) is 0 Å². The van der Waals surface area contributed by atoms with Crippen LogP contribution in [0.4, 0.5) is 18.9 Å². The highest BCUT2D eigenvalue weighted by Crippen LogP contribution is 2.31. The molecule has 8 heteroatoms. The third kappa shape index (κ3) is 3.39. The molecular formula is C8H3Cl2F3INO. The first-order valence-corrected chi connectivity index (χ1v) is 5.58. The van der Waals surface area contributed by atoms with Crippen molar-refractivity contribution in [1.29, 1.82) is 0 Å². The SMILES string of the molecule is O=C(Nc1cc(Cl)cc(Cl)c1I)C(F)(F)F. The maximum Gasteiger partial charge on any atom is 0.471 e. The molecule has 1 aromatic rings. The molecule has 1 rings (SSSR count). The van der Waals surface area contributed by atoms with E-state index in [1.165, 1.54) is 12.1 Å². The summed E-state index contributed by atoms with van der Waals surface area (Å²) in [5.74, 6) is -2.07. The molecule has 16 heavy (non-hydrogen) atoms. The lowest BCUT2D eigenvalue weighted by atomic mass is 10.3. The Balaban J connectivity index is 3.03. The Bertz CT molecular complexity index is 436. The molecule has 0 saturated heterocycles. The molecule has 0 fully saturated rings. The number of amides is 1. The van der Waals surface area contributed by atoms with Crippen LogP contribution in [0.5, 0.6) is 0 Å². The van der Waals surface area contributed by atoms with Crippen molar-refractivity contribution in [3.63, 3.8) is 0 Å². The van der Waals surface area contributed by atoms with E-state index in [0.717, 1.165) is 0 Å². The summed E-state index contributed by atoms with van der Waals surface area (Å²) in [4.78, 5) is 10.7. The van der Waals surface area contributed by atoms with E-state index in [1.807, 2.05) is 0 Å². The normalized spacial score (nSPS) is 11.4. The molecule has 1 aromatic carbocycles. The monoisotopic (exact) mass is 383 g/mol. The van der Waals surface area contributed by atoms with Gasteiger partial charge in [-0.2, -0.15) is 13.2 Å². The van der Waals surface area contributed by atoms with Crippen molar-refractivity contribution >= 4 is 57.4 Å². The molecule has 0 aliphatic rings. The summed E-state index contributed by atoms with van der Waals surface area (Å²) in [5.41, 5.74) is -0.0691. The highest BCUT2D eigenvalue weighted by molar-refractivity contribution is 14.1. The standard InChI is InChI=1S/C8H3Cl2F3INO/c9-3-1-4(10)6(14)5(2-3)15-7(16)8(11,12)13/h1-2H,(H,15,16). The summed E-state index contributed by atoms with van der Waals surface area (Å²) < 4.78 is 36.3. The van der Waals surface area contributed by atoms with Crippen LogP contribution >= 0.6 is 45.8 Å². The van der Waals surface area contributed by atoms with Crippen molar-refractivity contribution in [3.8, 4) is 0 Å². The lowest BCUT2D eigenvalue weighted by Gasteiger charge is -2.10. The zero-order valence-corrected chi connectivity index (χ0v) is 11.0. The van der Waals surface area contributed by atoms with Crippen molar-refractivity contribution in [2.24, 2.45) is 0 Å². The number of benzene rings is 1. The molecule has 0 radical (unpaired) electrons. The van der Waals surface area contributed by atoms with E-state index in [0.29, 0.717) is 3.57 Å². The highest BCUT2D eigenvalue weighted by Gasteiger charge is 2.39. The van der Waals surface area contributed by atoms with Crippen LogP contribution in [0.2, 0.25) is 10.0 Å². The lowest BCUT2D eigenvalue weighted by molar-refractivity contribution is -0.167. The fraction of sp³-hybridized carbons (Fsp3) is 0.125. The molecule has 1 amide bonds. The van der Waals surface area contributed by atoms with Crippen molar-refractivity contribution < 1.29 is 18.0 Å². The number of rotatable bonds is 1. The molecule has 88 valence electrons. The number of carbonyl (C=O) groups is 1. The van der Waals surface area contributed by atoms with E-state index in [9.17, 15) is 18.0 Å². The van der Waals surface area contributed by atoms with E-state index in [4.69, 9.17) is 23.2 Å². The van der Waals surface area contributed by atoms with Crippen LogP contribution in [-0.2, 0) is 4.79 Å². The first-order chi connectivity index (χ1) is 7.21. The molecule has 0 saturated carbocycles. The van der Waals surface area contributed by atoms with E-state index in [1.54, 1.807) is 27.9 Å². The van der Waals surface area contributed by atoms with E-state index in [-0.39, 0.29) is 15.7 Å². The zero-order valence-electron chi connectivity index (χ0n) is 7.33. The predicted molar refractivity (Wildman–Crippen MR) is 63.9 cm³/mol. The van der Waals surface area contributed by atoms with Gasteiger partial charge in [-0.1, -0.05) is 23.2 Å². The fourth-order valence-electron chi connectivity index (χ4n) is 0.840. The largest absolute Gasteiger partial charge is 0.471 e. The summed E-state index contributed by atoms with van der Waals surface area (Å²) in [6.45, 7) is 0. The second kappa shape index (κ2) is 4.97. The number of anilines is 1. The summed E-state index contributed by atoms with van der Waals surface area (Å²) in [7, 11) is 0. The molecule has 0 unspecified atom stereocenters. The summed E-state index contributed by atoms with van der Waals surface area (Å²) in [6.07, 6.45) is -4.95. The summed E-state index contributed by atoms with van der Waals surface area (Å²) >= 11 is 13.0. The molecule has 0 atom stereocenters. The van der Waals surface area contributed by atoms with Gasteiger partial charge in [0, 0.05) is 5.02 Å². The van der Waals surface area contributed by atoms with Crippen molar-refractivity contribution in [1.82, 2.24) is 0 Å². The van der Waals surface area contributed by atoms with Gasteiger partial charge in [-0.3, -0.25) is 4.79 Å². The zero-order chi connectivity index (χ0) is 12.5. The Morgan fingerprint density at radius 1 is 1.31 bits per heavy atom. The van der Waals surface area contributed by atoms with Crippen LogP contribution in [0.1, 0.15) is 0 Å². The van der Waals surface area contributed by atoms with Crippen molar-refractivity contribution in [2.45, 2.75) is 6.18 Å². The third-order valence-corrected chi connectivity index (χ3v) is 3.50. The molecular weight excluding hydrogens is 381 g/mol. The average Bonchev–Trinajstić information content (AvgIpc) is 2.11. The van der Waals surface area contributed by atoms with Crippen LogP contribution in [-0.4, -0.2) is 12.1 Å². The first-order valence-electron chi connectivity index (χ1n) is 3.74. The molecule has 0 aromatic heterocycles. The second-order valence-electron chi connectivity index (χ2n) is 2.70. The number of nitrogens with one attached hydrogen (secondary N) is 1. The number of carbonyl (C=O) groups excluding carboxylic acids is 1. The Labute approximate surface area is 112 Å². The summed E-state index contributed by atoms with van der Waals surface area (Å²) in [5, 5.41) is 2.00. The molecule has 0 spiro atoms. The Kier molecular flexibility index (Phi) is 4.30. The Hall–Kier alpha value is -0.210. The minimum atomic E-state index is -4.95. The van der Waals surface area contributed by atoms with Crippen molar-refractivity contribution in [2.75, 3.05) is 5.32 Å². The van der Waals surface area contributed by atoms with Crippen LogP contribution < -0.4 is 5.32 Å². The summed E-state index contributed by atoms with van der Waals surface area (Å²) in [6, 6.07) is 2.56. The van der Waals surface area contributed by atoms with E-state index < -0.39 is 12.1 Å². The lowest BCUT2D eigenvalue weighted by Crippen LogP contribution is -2.30. The van der Waals surface area contributed by atoms with Gasteiger partial charge in [0.2, 0.25) is 0 Å². The van der Waals surface area contributed by atoms with Gasteiger partial charge in [0.1, 0.15) is 0 Å². The molecule has 0 bridgehead atoms. The van der Waals surface area contributed by atoms with E-state index >= 15 is 0 Å². The molecule has 2 nitrogen and oxygen atoms in total. The highest BCUT2D eigenvalue weighted by atomic mass is 127. The van der Waals surface area contributed by atoms with Gasteiger partial charge < -0.3 is 5.32 Å². The maximum atomic E-state index is 12.0. The number of halogens is 6. The van der Waals surface area contributed by atoms with E-state index in [2.05, 4.69) is 0 Å². The maximum absolute atomic E-state index is 12.0. The minimum Gasteiger partial charge on any atom is -0.317 e. The molecule has 0 heterocycles. The fourth-order valence-corrected chi connectivity index (χ4v) is 1.78. The van der Waals surface area contributed by atoms with Gasteiger partial charge in [-0.05, 0) is 34.7 Å². The minimum absolute atomic E-state index is 0.0691. The van der Waals surface area contributed by atoms with Gasteiger partial charge >= 0.3 is 12.1 Å².